The molecular formula is C13H9BrF2OS. The minimum Gasteiger partial charge on any atom is -0.254 e. The van der Waals surface area contributed by atoms with Gasteiger partial charge in [0, 0.05) is 4.47 Å². The van der Waals surface area contributed by atoms with Crippen LogP contribution in [-0.4, -0.2) is 4.21 Å². The Bertz CT molecular complexity index is 581. The van der Waals surface area contributed by atoms with Gasteiger partial charge < -0.3 is 0 Å². The predicted molar refractivity (Wildman–Crippen MR) is 70.6 cm³/mol. The van der Waals surface area contributed by atoms with Gasteiger partial charge in [-0.25, -0.2) is 8.78 Å². The Hall–Kier alpha value is -1.07. The molecular weight excluding hydrogens is 322 g/mol. The summed E-state index contributed by atoms with van der Waals surface area (Å²) >= 11 is 3.16. The van der Waals surface area contributed by atoms with E-state index in [0.717, 1.165) is 0 Å². The third-order valence-corrected chi connectivity index (χ3v) is 4.18. The van der Waals surface area contributed by atoms with Crippen LogP contribution in [0.2, 0.25) is 0 Å². The van der Waals surface area contributed by atoms with E-state index in [-0.39, 0.29) is 10.6 Å². The first-order valence-corrected chi connectivity index (χ1v) is 7.25. The standard InChI is InChI=1S/C13H9BrF2OS/c14-10-5-9(6-11(15)7-10)8-18(17)13-4-2-1-3-12(13)16/h1-7H,8H2. The van der Waals surface area contributed by atoms with E-state index in [2.05, 4.69) is 15.9 Å². The van der Waals surface area contributed by atoms with E-state index in [1.54, 1.807) is 12.1 Å². The van der Waals surface area contributed by atoms with Gasteiger partial charge in [-0.1, -0.05) is 28.1 Å². The molecule has 1 unspecified atom stereocenters. The maximum Gasteiger partial charge on any atom is 0.139 e. The number of rotatable bonds is 3. The summed E-state index contributed by atoms with van der Waals surface area (Å²) in [6.45, 7) is 0. The Morgan fingerprint density at radius 2 is 1.83 bits per heavy atom. The number of hydrogen-bond donors (Lipinski definition) is 0. The summed E-state index contributed by atoms with van der Waals surface area (Å²) in [6, 6.07) is 10.2. The van der Waals surface area contributed by atoms with Crippen molar-refractivity contribution in [3.8, 4) is 0 Å². The molecule has 0 radical (unpaired) electrons. The topological polar surface area (TPSA) is 17.1 Å². The molecule has 0 saturated heterocycles. The molecule has 0 fully saturated rings. The third-order valence-electron chi connectivity index (χ3n) is 2.30. The lowest BCUT2D eigenvalue weighted by molar-refractivity contribution is 0.595. The van der Waals surface area contributed by atoms with Crippen molar-refractivity contribution in [3.05, 3.63) is 64.1 Å². The smallest absolute Gasteiger partial charge is 0.139 e. The van der Waals surface area contributed by atoms with E-state index >= 15 is 0 Å². The molecule has 0 aliphatic heterocycles. The van der Waals surface area contributed by atoms with Crippen LogP contribution < -0.4 is 0 Å². The molecule has 2 rings (SSSR count). The third kappa shape index (κ3) is 3.23. The van der Waals surface area contributed by atoms with Crippen LogP contribution in [0, 0.1) is 11.6 Å². The minimum absolute atomic E-state index is 0.0806. The second-order valence-electron chi connectivity index (χ2n) is 3.70. The second kappa shape index (κ2) is 5.71. The molecule has 0 amide bonds. The first kappa shape index (κ1) is 13.4. The quantitative estimate of drug-likeness (QED) is 0.830. The molecule has 18 heavy (non-hydrogen) atoms. The maximum atomic E-state index is 13.4. The second-order valence-corrected chi connectivity index (χ2v) is 6.03. The summed E-state index contributed by atoms with van der Waals surface area (Å²) in [5, 5.41) is 0. The zero-order valence-electron chi connectivity index (χ0n) is 9.20. The molecule has 1 nitrogen and oxygen atoms in total. The van der Waals surface area contributed by atoms with Gasteiger partial charge in [-0.2, -0.15) is 0 Å². The van der Waals surface area contributed by atoms with Gasteiger partial charge >= 0.3 is 0 Å². The normalized spacial score (nSPS) is 12.4. The minimum atomic E-state index is -1.53. The maximum absolute atomic E-state index is 13.4. The van der Waals surface area contributed by atoms with Crippen molar-refractivity contribution in [1.29, 1.82) is 0 Å². The molecule has 0 heterocycles. The van der Waals surface area contributed by atoms with Gasteiger partial charge in [0.25, 0.3) is 0 Å². The van der Waals surface area contributed by atoms with Gasteiger partial charge in [0.05, 0.1) is 21.4 Å². The predicted octanol–water partition coefficient (Wildman–Crippen LogP) is 4.04. The largest absolute Gasteiger partial charge is 0.254 e. The Labute approximate surface area is 114 Å². The van der Waals surface area contributed by atoms with E-state index in [1.165, 1.54) is 30.3 Å². The van der Waals surface area contributed by atoms with Crippen molar-refractivity contribution < 1.29 is 13.0 Å². The van der Waals surface area contributed by atoms with Crippen molar-refractivity contribution >= 4 is 26.7 Å². The van der Waals surface area contributed by atoms with Crippen LogP contribution in [-0.2, 0) is 16.6 Å². The summed E-state index contributed by atoms with van der Waals surface area (Å²) in [7, 11) is -1.53. The van der Waals surface area contributed by atoms with Gasteiger partial charge in [0.2, 0.25) is 0 Å². The van der Waals surface area contributed by atoms with Gasteiger partial charge in [0.15, 0.2) is 0 Å². The van der Waals surface area contributed by atoms with E-state index < -0.39 is 22.4 Å². The van der Waals surface area contributed by atoms with Crippen LogP contribution in [0.1, 0.15) is 5.56 Å². The fourth-order valence-electron chi connectivity index (χ4n) is 1.55. The lowest BCUT2D eigenvalue weighted by Gasteiger charge is -2.04. The lowest BCUT2D eigenvalue weighted by atomic mass is 10.2. The molecule has 0 aliphatic rings. The fraction of sp³-hybridized carbons (Fsp3) is 0.0769. The van der Waals surface area contributed by atoms with Crippen LogP contribution in [0.25, 0.3) is 0 Å². The van der Waals surface area contributed by atoms with Crippen molar-refractivity contribution in [2.24, 2.45) is 0 Å². The molecule has 0 aliphatic carbocycles. The summed E-state index contributed by atoms with van der Waals surface area (Å²) in [5.74, 6) is -0.840. The van der Waals surface area contributed by atoms with Crippen molar-refractivity contribution in [1.82, 2.24) is 0 Å². The van der Waals surface area contributed by atoms with Crippen LogP contribution in [0.15, 0.2) is 51.8 Å². The molecule has 0 N–H and O–H groups in total. The van der Waals surface area contributed by atoms with Crippen LogP contribution in [0.5, 0.6) is 0 Å². The molecule has 0 spiro atoms. The highest BCUT2D eigenvalue weighted by atomic mass is 79.9. The van der Waals surface area contributed by atoms with Gasteiger partial charge in [-0.15, -0.1) is 0 Å². The molecule has 2 aromatic rings. The van der Waals surface area contributed by atoms with Crippen molar-refractivity contribution in [2.75, 3.05) is 0 Å². The van der Waals surface area contributed by atoms with Crippen molar-refractivity contribution in [3.63, 3.8) is 0 Å². The van der Waals surface area contributed by atoms with E-state index in [9.17, 15) is 13.0 Å². The highest BCUT2D eigenvalue weighted by Crippen LogP contribution is 2.19. The Kier molecular flexibility index (Phi) is 4.24. The van der Waals surface area contributed by atoms with Crippen LogP contribution in [0.4, 0.5) is 8.78 Å². The average molecular weight is 331 g/mol. The number of halogens is 3. The Balaban J connectivity index is 2.24. The first-order chi connectivity index (χ1) is 8.56. The fourth-order valence-corrected chi connectivity index (χ4v) is 3.21. The average Bonchev–Trinajstić information content (AvgIpc) is 2.27. The van der Waals surface area contributed by atoms with E-state index in [1.807, 2.05) is 0 Å². The van der Waals surface area contributed by atoms with E-state index in [0.29, 0.717) is 10.0 Å². The SMILES string of the molecule is O=S(Cc1cc(F)cc(Br)c1)c1ccccc1F. The summed E-state index contributed by atoms with van der Waals surface area (Å²) in [5.41, 5.74) is 0.559. The number of hydrogen-bond acceptors (Lipinski definition) is 1. The van der Waals surface area contributed by atoms with Crippen molar-refractivity contribution in [2.45, 2.75) is 10.6 Å². The highest BCUT2D eigenvalue weighted by Gasteiger charge is 2.11. The molecule has 1 atom stereocenters. The molecule has 94 valence electrons. The Morgan fingerprint density at radius 3 is 2.50 bits per heavy atom. The molecule has 5 heteroatoms. The monoisotopic (exact) mass is 330 g/mol. The molecule has 0 aromatic heterocycles. The van der Waals surface area contributed by atoms with E-state index in [4.69, 9.17) is 0 Å². The Morgan fingerprint density at radius 1 is 1.11 bits per heavy atom. The van der Waals surface area contributed by atoms with Crippen LogP contribution >= 0.6 is 15.9 Å². The zero-order valence-corrected chi connectivity index (χ0v) is 11.6. The van der Waals surface area contributed by atoms with Gasteiger partial charge in [-0.05, 0) is 35.9 Å². The molecule has 2 aromatic carbocycles. The number of benzene rings is 2. The summed E-state index contributed by atoms with van der Waals surface area (Å²) in [6.07, 6.45) is 0. The molecule has 0 bridgehead atoms. The zero-order chi connectivity index (χ0) is 13.1. The summed E-state index contributed by atoms with van der Waals surface area (Å²) in [4.78, 5) is 0.137. The van der Waals surface area contributed by atoms with Crippen LogP contribution in [0.3, 0.4) is 0 Å². The lowest BCUT2D eigenvalue weighted by Crippen LogP contribution is -1.99. The molecule has 0 saturated carbocycles. The highest BCUT2D eigenvalue weighted by molar-refractivity contribution is 9.10. The van der Waals surface area contributed by atoms with Gasteiger partial charge in [-0.3, -0.25) is 4.21 Å². The summed E-state index contributed by atoms with van der Waals surface area (Å²) < 4.78 is 39.1. The first-order valence-electron chi connectivity index (χ1n) is 5.14. The van der Waals surface area contributed by atoms with Gasteiger partial charge in [0.1, 0.15) is 11.6 Å².